The summed E-state index contributed by atoms with van der Waals surface area (Å²) in [4.78, 5) is -0.120. The summed E-state index contributed by atoms with van der Waals surface area (Å²) in [5.41, 5.74) is 5.57. The maximum absolute atomic E-state index is 12.2. The Balaban J connectivity index is 2.16. The predicted molar refractivity (Wildman–Crippen MR) is 83.2 cm³/mol. The fourth-order valence-corrected chi connectivity index (χ4v) is 4.32. The minimum Gasteiger partial charge on any atom is -0.328 e. The largest absolute Gasteiger partial charge is 0.328 e. The Bertz CT molecular complexity index is 725. The highest BCUT2D eigenvalue weighted by atomic mass is 32.2. The van der Waals surface area contributed by atoms with Gasteiger partial charge in [-0.05, 0) is 44.4 Å². The van der Waals surface area contributed by atoms with Gasteiger partial charge in [-0.25, -0.2) is 26.3 Å². The van der Waals surface area contributed by atoms with Crippen molar-refractivity contribution in [3.8, 4) is 0 Å². The Kier molecular flexibility index (Phi) is 5.23. The molecule has 0 spiro atoms. The monoisotopic (exact) mass is 347 g/mol. The summed E-state index contributed by atoms with van der Waals surface area (Å²) in [6.45, 7) is 1.99. The second kappa shape index (κ2) is 6.63. The van der Waals surface area contributed by atoms with Gasteiger partial charge in [0.25, 0.3) is 0 Å². The molecule has 1 aliphatic carbocycles. The molecule has 0 radical (unpaired) electrons. The molecule has 22 heavy (non-hydrogen) atoms. The minimum absolute atomic E-state index is 0.0329. The lowest BCUT2D eigenvalue weighted by Crippen LogP contribution is -2.29. The summed E-state index contributed by atoms with van der Waals surface area (Å²) in [5, 5.41) is 0. The molecule has 0 aliphatic heterocycles. The lowest BCUT2D eigenvalue weighted by atomic mass is 10.3. The van der Waals surface area contributed by atoms with E-state index in [0.29, 0.717) is 6.42 Å². The first-order chi connectivity index (χ1) is 10.2. The van der Waals surface area contributed by atoms with Crippen molar-refractivity contribution in [1.29, 1.82) is 0 Å². The van der Waals surface area contributed by atoms with Crippen LogP contribution in [0.3, 0.4) is 0 Å². The van der Waals surface area contributed by atoms with Crippen LogP contribution in [0, 0.1) is 0 Å². The zero-order valence-electron chi connectivity index (χ0n) is 12.3. The van der Waals surface area contributed by atoms with Crippen molar-refractivity contribution in [2.75, 3.05) is 6.54 Å². The normalized spacial score (nSPS) is 17.4. The van der Waals surface area contributed by atoms with Crippen LogP contribution < -0.4 is 15.2 Å². The molecule has 1 aliphatic rings. The molecule has 0 amide bonds. The van der Waals surface area contributed by atoms with Crippen LogP contribution in [0.15, 0.2) is 34.1 Å². The van der Waals surface area contributed by atoms with Crippen molar-refractivity contribution < 1.29 is 16.8 Å². The lowest BCUT2D eigenvalue weighted by molar-refractivity contribution is 0.571. The van der Waals surface area contributed by atoms with Gasteiger partial charge in [-0.15, -0.1) is 0 Å². The zero-order chi connectivity index (χ0) is 16.4. The second-order valence-electron chi connectivity index (χ2n) is 5.53. The highest BCUT2D eigenvalue weighted by Crippen LogP contribution is 2.23. The maximum Gasteiger partial charge on any atom is 0.240 e. The number of nitrogens with two attached hydrogens (primary N) is 1. The molecule has 1 fully saturated rings. The third kappa shape index (κ3) is 4.75. The van der Waals surface area contributed by atoms with Gasteiger partial charge < -0.3 is 5.73 Å². The molecule has 1 aromatic carbocycles. The topological polar surface area (TPSA) is 118 Å². The molecule has 124 valence electrons. The summed E-state index contributed by atoms with van der Waals surface area (Å²) >= 11 is 0. The van der Waals surface area contributed by atoms with E-state index in [-0.39, 0.29) is 28.4 Å². The summed E-state index contributed by atoms with van der Waals surface area (Å²) in [6, 6.07) is 5.18. The van der Waals surface area contributed by atoms with E-state index in [1.54, 1.807) is 6.92 Å². The van der Waals surface area contributed by atoms with E-state index in [1.807, 2.05) is 0 Å². The fraction of sp³-hybridized carbons (Fsp3) is 0.538. The van der Waals surface area contributed by atoms with E-state index >= 15 is 0 Å². The first-order valence-electron chi connectivity index (χ1n) is 7.08. The van der Waals surface area contributed by atoms with Gasteiger partial charge >= 0.3 is 0 Å². The Labute approximate surface area is 131 Å². The highest BCUT2D eigenvalue weighted by molar-refractivity contribution is 7.90. The standard InChI is InChI=1S/C13H21N3O4S2/c1-10(14)7-8-15-21(17,18)12-3-2-4-13(9-12)22(19,20)16-11-5-6-11/h2-4,9-11,15-16H,5-8,14H2,1H3. The van der Waals surface area contributed by atoms with Gasteiger partial charge in [0.15, 0.2) is 0 Å². The molecule has 0 saturated heterocycles. The van der Waals surface area contributed by atoms with Crippen molar-refractivity contribution in [3.63, 3.8) is 0 Å². The van der Waals surface area contributed by atoms with Gasteiger partial charge in [0.1, 0.15) is 0 Å². The molecule has 1 saturated carbocycles. The fourth-order valence-electron chi connectivity index (χ4n) is 1.80. The molecule has 0 heterocycles. The lowest BCUT2D eigenvalue weighted by Gasteiger charge is -2.10. The Morgan fingerprint density at radius 3 is 2.32 bits per heavy atom. The average molecular weight is 347 g/mol. The molecule has 1 atom stereocenters. The first kappa shape index (κ1) is 17.4. The second-order valence-corrected chi connectivity index (χ2v) is 9.02. The van der Waals surface area contributed by atoms with Crippen molar-refractivity contribution in [3.05, 3.63) is 24.3 Å². The van der Waals surface area contributed by atoms with Crippen LogP contribution in [0.1, 0.15) is 26.2 Å². The minimum atomic E-state index is -3.75. The average Bonchev–Trinajstić information content (AvgIpc) is 3.21. The molecule has 7 nitrogen and oxygen atoms in total. The highest BCUT2D eigenvalue weighted by Gasteiger charge is 2.28. The summed E-state index contributed by atoms with van der Waals surface area (Å²) in [6.07, 6.45) is 2.13. The number of sulfonamides is 2. The molecule has 0 aromatic heterocycles. The predicted octanol–water partition coefficient (Wildman–Crippen LogP) is 0.143. The van der Waals surface area contributed by atoms with Crippen molar-refractivity contribution >= 4 is 20.0 Å². The molecule has 4 N–H and O–H groups in total. The van der Waals surface area contributed by atoms with Crippen LogP contribution in [-0.4, -0.2) is 35.5 Å². The van der Waals surface area contributed by atoms with Gasteiger partial charge in [0, 0.05) is 18.6 Å². The van der Waals surface area contributed by atoms with Gasteiger partial charge in [0.05, 0.1) is 9.79 Å². The Hall–Kier alpha value is -1.00. The molecule has 1 unspecified atom stereocenters. The summed E-state index contributed by atoms with van der Waals surface area (Å²) in [5.74, 6) is 0. The van der Waals surface area contributed by atoms with Gasteiger partial charge in [-0.2, -0.15) is 0 Å². The van der Waals surface area contributed by atoms with Gasteiger partial charge in [-0.1, -0.05) is 6.07 Å². The Morgan fingerprint density at radius 2 is 1.77 bits per heavy atom. The van der Waals surface area contributed by atoms with E-state index in [1.165, 1.54) is 24.3 Å². The van der Waals surface area contributed by atoms with Crippen LogP contribution in [0.25, 0.3) is 0 Å². The quantitative estimate of drug-likeness (QED) is 0.618. The third-order valence-electron chi connectivity index (χ3n) is 3.22. The third-order valence-corrected chi connectivity index (χ3v) is 6.19. The summed E-state index contributed by atoms with van der Waals surface area (Å²) in [7, 11) is -7.43. The number of hydrogen-bond donors (Lipinski definition) is 3. The van der Waals surface area contributed by atoms with Crippen molar-refractivity contribution in [1.82, 2.24) is 9.44 Å². The van der Waals surface area contributed by atoms with Crippen LogP contribution in [0.2, 0.25) is 0 Å². The number of benzene rings is 1. The first-order valence-corrected chi connectivity index (χ1v) is 10.0. The summed E-state index contributed by atoms with van der Waals surface area (Å²) < 4.78 is 53.5. The molecular weight excluding hydrogens is 326 g/mol. The smallest absolute Gasteiger partial charge is 0.240 e. The Morgan fingerprint density at radius 1 is 1.18 bits per heavy atom. The van der Waals surface area contributed by atoms with Crippen molar-refractivity contribution in [2.45, 2.75) is 48.1 Å². The van der Waals surface area contributed by atoms with Crippen LogP contribution in [0.4, 0.5) is 0 Å². The maximum atomic E-state index is 12.2. The van der Waals surface area contributed by atoms with Crippen molar-refractivity contribution in [2.24, 2.45) is 5.73 Å². The van der Waals surface area contributed by atoms with E-state index in [9.17, 15) is 16.8 Å². The molecule has 9 heteroatoms. The number of hydrogen-bond acceptors (Lipinski definition) is 5. The van der Waals surface area contributed by atoms with Crippen LogP contribution in [-0.2, 0) is 20.0 Å². The SMILES string of the molecule is CC(N)CCNS(=O)(=O)c1cccc(S(=O)(=O)NC2CC2)c1. The zero-order valence-corrected chi connectivity index (χ0v) is 14.0. The molecule has 0 bridgehead atoms. The van der Waals surface area contributed by atoms with E-state index in [4.69, 9.17) is 5.73 Å². The van der Waals surface area contributed by atoms with Gasteiger partial charge in [-0.3, -0.25) is 0 Å². The van der Waals surface area contributed by atoms with E-state index in [2.05, 4.69) is 9.44 Å². The molecular formula is C13H21N3O4S2. The molecule has 2 rings (SSSR count). The number of rotatable bonds is 8. The molecule has 1 aromatic rings. The van der Waals surface area contributed by atoms with E-state index in [0.717, 1.165) is 12.8 Å². The van der Waals surface area contributed by atoms with Crippen LogP contribution >= 0.6 is 0 Å². The van der Waals surface area contributed by atoms with Gasteiger partial charge in [0.2, 0.25) is 20.0 Å². The van der Waals surface area contributed by atoms with E-state index < -0.39 is 20.0 Å². The number of nitrogens with one attached hydrogen (secondary N) is 2. The van der Waals surface area contributed by atoms with Crippen LogP contribution in [0.5, 0.6) is 0 Å².